The van der Waals surface area contributed by atoms with Gasteiger partial charge in [0.25, 0.3) is 5.91 Å². The molecule has 8 heteroatoms. The van der Waals surface area contributed by atoms with Gasteiger partial charge in [0.15, 0.2) is 23.8 Å². The number of likely N-dealkylation sites (N-methyl/N-ethyl adjacent to an activating group) is 1. The molecule has 3 N–H and O–H groups in total. The number of hydrogen-bond donors (Lipinski definition) is 3. The van der Waals surface area contributed by atoms with Gasteiger partial charge in [-0.25, -0.2) is 0 Å². The molecule has 31 heavy (non-hydrogen) atoms. The molecular weight excluding hydrogens is 398 g/mol. The van der Waals surface area contributed by atoms with E-state index in [1.165, 1.54) is 12.3 Å². The highest BCUT2D eigenvalue weighted by atomic mass is 16.5. The summed E-state index contributed by atoms with van der Waals surface area (Å²) in [7, 11) is 3.49. The fourth-order valence-electron chi connectivity index (χ4n) is 3.00. The van der Waals surface area contributed by atoms with Crippen molar-refractivity contribution < 1.29 is 28.4 Å². The van der Waals surface area contributed by atoms with Crippen molar-refractivity contribution >= 4 is 11.8 Å². The lowest BCUT2D eigenvalue weighted by Gasteiger charge is -2.16. The molecule has 8 nitrogen and oxygen atoms in total. The normalized spacial score (nSPS) is 11.4. The molecule has 1 heterocycles. The molecule has 0 radical (unpaired) electrons. The van der Waals surface area contributed by atoms with Crippen molar-refractivity contribution in [3.8, 4) is 11.5 Å². The Hall–Kier alpha value is -3.78. The van der Waals surface area contributed by atoms with E-state index in [9.17, 15) is 9.59 Å². The second-order valence-electron chi connectivity index (χ2n) is 7.05. The Morgan fingerprint density at radius 3 is 2.48 bits per heavy atom. The van der Waals surface area contributed by atoms with Crippen LogP contribution in [0.2, 0.25) is 0 Å². The van der Waals surface area contributed by atoms with E-state index in [2.05, 4.69) is 10.9 Å². The molecule has 0 aliphatic heterocycles. The number of amides is 2. The summed E-state index contributed by atoms with van der Waals surface area (Å²) in [5.41, 5.74) is 6.78. The van der Waals surface area contributed by atoms with Crippen molar-refractivity contribution in [3.05, 3.63) is 83.8 Å². The zero-order valence-electron chi connectivity index (χ0n) is 17.5. The maximum absolute atomic E-state index is 12.1. The molecule has 162 valence electrons. The molecule has 1 unspecified atom stereocenters. The van der Waals surface area contributed by atoms with E-state index in [4.69, 9.17) is 13.9 Å². The second kappa shape index (κ2) is 10.8. The standard InChI is InChI=1S/C23H25N3O5/c1-26(15-22(27)24-25-23(28)20-9-6-12-30-20)14-18-10-11-19(21(13-18)29-2)31-16-17-7-4-3-5-8-17/h3-13H,14-16H2,1-2H3,(H,24,27)(H,25,28)/p+1. The highest BCUT2D eigenvalue weighted by molar-refractivity contribution is 5.92. The van der Waals surface area contributed by atoms with Crippen LogP contribution >= 0.6 is 0 Å². The molecule has 0 aliphatic carbocycles. The first-order valence-corrected chi connectivity index (χ1v) is 9.83. The van der Waals surface area contributed by atoms with Crippen LogP contribution in [0.1, 0.15) is 21.7 Å². The Balaban J connectivity index is 1.49. The van der Waals surface area contributed by atoms with E-state index in [1.807, 2.05) is 55.6 Å². The molecule has 0 saturated heterocycles. The van der Waals surface area contributed by atoms with E-state index in [0.717, 1.165) is 16.0 Å². The number of furan rings is 1. The summed E-state index contributed by atoms with van der Waals surface area (Å²) in [5.74, 6) is 0.601. The molecule has 1 atom stereocenters. The number of methoxy groups -OCH3 is 1. The molecule has 0 aliphatic rings. The van der Waals surface area contributed by atoms with Gasteiger partial charge in [-0.05, 0) is 35.9 Å². The molecule has 0 bridgehead atoms. The van der Waals surface area contributed by atoms with E-state index >= 15 is 0 Å². The number of rotatable bonds is 9. The van der Waals surface area contributed by atoms with Crippen LogP contribution in [0.4, 0.5) is 0 Å². The summed E-state index contributed by atoms with van der Waals surface area (Å²) in [6, 6.07) is 18.7. The number of hydrazine groups is 1. The van der Waals surface area contributed by atoms with Crippen LogP contribution in [0.3, 0.4) is 0 Å². The summed E-state index contributed by atoms with van der Waals surface area (Å²) in [6.07, 6.45) is 1.39. The largest absolute Gasteiger partial charge is 0.493 e. The Kier molecular flexibility index (Phi) is 7.67. The fraction of sp³-hybridized carbons (Fsp3) is 0.217. The lowest BCUT2D eigenvalue weighted by molar-refractivity contribution is -0.885. The van der Waals surface area contributed by atoms with Gasteiger partial charge in [-0.1, -0.05) is 30.3 Å². The smallest absolute Gasteiger partial charge is 0.305 e. The maximum Gasteiger partial charge on any atom is 0.305 e. The number of hydrogen-bond acceptors (Lipinski definition) is 5. The Labute approximate surface area is 180 Å². The van der Waals surface area contributed by atoms with Gasteiger partial charge >= 0.3 is 5.91 Å². The molecule has 2 amide bonds. The van der Waals surface area contributed by atoms with E-state index in [0.29, 0.717) is 24.7 Å². The van der Waals surface area contributed by atoms with Gasteiger partial charge in [-0.3, -0.25) is 20.4 Å². The Bertz CT molecular complexity index is 990. The summed E-state index contributed by atoms with van der Waals surface area (Å²) in [5, 5.41) is 0. The Morgan fingerprint density at radius 2 is 1.77 bits per heavy atom. The first kappa shape index (κ1) is 21.9. The van der Waals surface area contributed by atoms with Crippen LogP contribution in [0, 0.1) is 0 Å². The quantitative estimate of drug-likeness (QED) is 0.451. The molecule has 2 aromatic carbocycles. The van der Waals surface area contributed by atoms with Crippen molar-refractivity contribution in [2.24, 2.45) is 0 Å². The second-order valence-corrected chi connectivity index (χ2v) is 7.05. The molecule has 0 spiro atoms. The average Bonchev–Trinajstić information content (AvgIpc) is 3.32. The summed E-state index contributed by atoms with van der Waals surface area (Å²) >= 11 is 0. The fourth-order valence-corrected chi connectivity index (χ4v) is 3.00. The number of quaternary nitrogens is 1. The van der Waals surface area contributed by atoms with Crippen molar-refractivity contribution in [2.45, 2.75) is 13.2 Å². The minimum atomic E-state index is -0.508. The van der Waals surface area contributed by atoms with E-state index in [1.54, 1.807) is 13.2 Å². The predicted octanol–water partition coefficient (Wildman–Crippen LogP) is 1.34. The van der Waals surface area contributed by atoms with Crippen molar-refractivity contribution in [1.82, 2.24) is 10.9 Å². The van der Waals surface area contributed by atoms with Crippen LogP contribution in [-0.4, -0.2) is 32.5 Å². The third-order valence-electron chi connectivity index (χ3n) is 4.49. The predicted molar refractivity (Wildman–Crippen MR) is 114 cm³/mol. The van der Waals surface area contributed by atoms with Gasteiger partial charge in [0, 0.05) is 5.56 Å². The molecule has 0 saturated carbocycles. The number of ether oxygens (including phenoxy) is 2. The zero-order chi connectivity index (χ0) is 22.1. The van der Waals surface area contributed by atoms with Crippen LogP contribution in [0.25, 0.3) is 0 Å². The Morgan fingerprint density at radius 1 is 0.968 bits per heavy atom. The van der Waals surface area contributed by atoms with Crippen molar-refractivity contribution in [3.63, 3.8) is 0 Å². The first-order valence-electron chi connectivity index (χ1n) is 9.83. The number of nitrogens with one attached hydrogen (secondary N) is 3. The van der Waals surface area contributed by atoms with Gasteiger partial charge in [0.05, 0.1) is 20.4 Å². The molecule has 3 rings (SSSR count). The maximum atomic E-state index is 12.1. The highest BCUT2D eigenvalue weighted by Gasteiger charge is 2.15. The van der Waals surface area contributed by atoms with Crippen LogP contribution < -0.4 is 25.2 Å². The van der Waals surface area contributed by atoms with Gasteiger partial charge in [-0.2, -0.15) is 0 Å². The van der Waals surface area contributed by atoms with Gasteiger partial charge in [0.1, 0.15) is 13.2 Å². The molecular formula is C23H26N3O5+. The molecule has 3 aromatic rings. The molecule has 1 aromatic heterocycles. The third kappa shape index (κ3) is 6.61. The van der Waals surface area contributed by atoms with E-state index < -0.39 is 5.91 Å². The lowest BCUT2D eigenvalue weighted by Crippen LogP contribution is -3.09. The zero-order valence-corrected chi connectivity index (χ0v) is 17.5. The van der Waals surface area contributed by atoms with E-state index in [-0.39, 0.29) is 18.2 Å². The lowest BCUT2D eigenvalue weighted by atomic mass is 10.2. The number of benzene rings is 2. The topological polar surface area (TPSA) is 94.2 Å². The summed E-state index contributed by atoms with van der Waals surface area (Å²) in [4.78, 5) is 24.8. The van der Waals surface area contributed by atoms with Crippen LogP contribution in [0.5, 0.6) is 11.5 Å². The molecule has 0 fully saturated rings. The van der Waals surface area contributed by atoms with Crippen molar-refractivity contribution in [1.29, 1.82) is 0 Å². The minimum absolute atomic E-state index is 0.127. The third-order valence-corrected chi connectivity index (χ3v) is 4.49. The highest BCUT2D eigenvalue weighted by Crippen LogP contribution is 2.28. The minimum Gasteiger partial charge on any atom is -0.493 e. The monoisotopic (exact) mass is 424 g/mol. The summed E-state index contributed by atoms with van der Waals surface area (Å²) in [6.45, 7) is 1.22. The van der Waals surface area contributed by atoms with Gasteiger partial charge in [-0.15, -0.1) is 0 Å². The van der Waals surface area contributed by atoms with Gasteiger partial charge in [0.2, 0.25) is 0 Å². The number of carbonyl (C=O) groups is 2. The van der Waals surface area contributed by atoms with Crippen molar-refractivity contribution in [2.75, 3.05) is 20.7 Å². The number of carbonyl (C=O) groups excluding carboxylic acids is 2. The summed E-state index contributed by atoms with van der Waals surface area (Å²) < 4.78 is 16.3. The average molecular weight is 424 g/mol. The van der Waals surface area contributed by atoms with Crippen LogP contribution in [-0.2, 0) is 17.9 Å². The van der Waals surface area contributed by atoms with Gasteiger partial charge < -0.3 is 18.8 Å². The SMILES string of the molecule is COc1cc(C[NH+](C)CC(=O)NNC(=O)c2ccco2)ccc1OCc1ccccc1. The first-order chi connectivity index (χ1) is 15.0. The van der Waals surface area contributed by atoms with Crippen LogP contribution in [0.15, 0.2) is 71.3 Å².